The molecule has 0 amide bonds. The number of carbonyl (C=O) groups is 1. The summed E-state index contributed by atoms with van der Waals surface area (Å²) in [7, 11) is 0. The zero-order chi connectivity index (χ0) is 14.7. The number of nitro benzene ring substituents is 1. The van der Waals surface area contributed by atoms with Gasteiger partial charge in [0.15, 0.2) is 0 Å². The number of carboxylic acid groups (broad SMARTS) is 1. The first-order valence-corrected chi connectivity index (χ1v) is 6.26. The fraction of sp³-hybridized carbons (Fsp3) is 0.0833. The van der Waals surface area contributed by atoms with E-state index in [0.717, 1.165) is 0 Å². The van der Waals surface area contributed by atoms with Gasteiger partial charge in [0.05, 0.1) is 15.9 Å². The molecule has 0 fully saturated rings. The third-order valence-corrected chi connectivity index (χ3v) is 3.15. The monoisotopic (exact) mass is 340 g/mol. The molecule has 0 atom stereocenters. The Bertz CT molecular complexity index is 668. The molecule has 0 radical (unpaired) electrons. The number of anilines is 1. The van der Waals surface area contributed by atoms with E-state index in [2.05, 4.69) is 21.2 Å². The van der Waals surface area contributed by atoms with Crippen molar-refractivity contribution in [2.45, 2.75) is 6.54 Å². The Morgan fingerprint density at radius 3 is 2.75 bits per heavy atom. The van der Waals surface area contributed by atoms with E-state index in [-0.39, 0.29) is 18.0 Å². The molecule has 2 N–H and O–H groups in total. The molecular weight excluding hydrogens is 332 g/mol. The van der Waals surface area contributed by atoms with E-state index < -0.39 is 10.9 Å². The first-order chi connectivity index (χ1) is 9.47. The van der Waals surface area contributed by atoms with Gasteiger partial charge in [-0.1, -0.05) is 0 Å². The molecule has 7 nitrogen and oxygen atoms in total. The first kappa shape index (κ1) is 14.1. The van der Waals surface area contributed by atoms with Gasteiger partial charge in [0.1, 0.15) is 5.76 Å². The maximum Gasteiger partial charge on any atom is 0.371 e. The van der Waals surface area contributed by atoms with Crippen LogP contribution in [-0.2, 0) is 6.54 Å². The molecule has 2 rings (SSSR count). The summed E-state index contributed by atoms with van der Waals surface area (Å²) in [5.41, 5.74) is 0.480. The van der Waals surface area contributed by atoms with Crippen molar-refractivity contribution >= 4 is 33.3 Å². The lowest BCUT2D eigenvalue weighted by atomic mass is 10.3. The number of benzene rings is 1. The van der Waals surface area contributed by atoms with Crippen LogP contribution in [0.4, 0.5) is 11.4 Å². The number of halogens is 1. The molecule has 0 bridgehead atoms. The fourth-order valence-electron chi connectivity index (χ4n) is 1.54. The molecule has 0 aliphatic rings. The Hall–Kier alpha value is -2.35. The molecule has 8 heteroatoms. The van der Waals surface area contributed by atoms with Crippen LogP contribution in [0.1, 0.15) is 16.3 Å². The summed E-state index contributed by atoms with van der Waals surface area (Å²) in [6.07, 6.45) is 0. The lowest BCUT2D eigenvalue weighted by Gasteiger charge is -2.05. The van der Waals surface area contributed by atoms with Gasteiger partial charge in [0.2, 0.25) is 5.76 Å². The third-order valence-electron chi connectivity index (χ3n) is 2.48. The van der Waals surface area contributed by atoms with Crippen molar-refractivity contribution < 1.29 is 19.2 Å². The quantitative estimate of drug-likeness (QED) is 0.639. The Kier molecular flexibility index (Phi) is 4.04. The second-order valence-corrected chi connectivity index (χ2v) is 4.70. The summed E-state index contributed by atoms with van der Waals surface area (Å²) in [5.74, 6) is -0.868. The lowest BCUT2D eigenvalue weighted by molar-refractivity contribution is -0.385. The smallest absolute Gasteiger partial charge is 0.371 e. The van der Waals surface area contributed by atoms with Crippen molar-refractivity contribution in [3.05, 3.63) is 56.4 Å². The Balaban J connectivity index is 2.08. The maximum atomic E-state index is 10.8. The van der Waals surface area contributed by atoms with Crippen LogP contribution in [-0.4, -0.2) is 16.0 Å². The number of hydrogen-bond donors (Lipinski definition) is 2. The summed E-state index contributed by atoms with van der Waals surface area (Å²) in [4.78, 5) is 20.9. The van der Waals surface area contributed by atoms with Crippen LogP contribution in [0.25, 0.3) is 0 Å². The third kappa shape index (κ3) is 3.15. The summed E-state index contributed by atoms with van der Waals surface area (Å²) in [6, 6.07) is 7.49. The van der Waals surface area contributed by atoms with Gasteiger partial charge in [0.25, 0.3) is 5.69 Å². The van der Waals surface area contributed by atoms with E-state index in [0.29, 0.717) is 15.9 Å². The number of carboxylic acids is 1. The van der Waals surface area contributed by atoms with Gasteiger partial charge in [-0.15, -0.1) is 0 Å². The molecule has 2 aromatic rings. The molecule has 1 heterocycles. The van der Waals surface area contributed by atoms with Crippen molar-refractivity contribution in [1.82, 2.24) is 0 Å². The first-order valence-electron chi connectivity index (χ1n) is 5.47. The van der Waals surface area contributed by atoms with Crippen molar-refractivity contribution in [2.75, 3.05) is 5.32 Å². The Morgan fingerprint density at radius 2 is 2.15 bits per heavy atom. The van der Waals surface area contributed by atoms with Crippen LogP contribution < -0.4 is 5.32 Å². The van der Waals surface area contributed by atoms with Crippen LogP contribution in [0, 0.1) is 10.1 Å². The largest absolute Gasteiger partial charge is 0.475 e. The van der Waals surface area contributed by atoms with E-state index in [9.17, 15) is 14.9 Å². The van der Waals surface area contributed by atoms with Crippen LogP contribution in [0.5, 0.6) is 0 Å². The second-order valence-electron chi connectivity index (χ2n) is 3.85. The molecule has 20 heavy (non-hydrogen) atoms. The number of nitrogens with one attached hydrogen (secondary N) is 1. The van der Waals surface area contributed by atoms with E-state index in [1.807, 2.05) is 0 Å². The van der Waals surface area contributed by atoms with E-state index in [1.54, 1.807) is 12.1 Å². The molecule has 1 aromatic carbocycles. The van der Waals surface area contributed by atoms with Gasteiger partial charge in [0, 0.05) is 11.8 Å². The molecule has 0 spiro atoms. The number of rotatable bonds is 5. The van der Waals surface area contributed by atoms with E-state index >= 15 is 0 Å². The molecule has 0 saturated carbocycles. The minimum absolute atomic E-state index is 0.0549. The van der Waals surface area contributed by atoms with Gasteiger partial charge >= 0.3 is 5.97 Å². The van der Waals surface area contributed by atoms with Gasteiger partial charge in [-0.2, -0.15) is 0 Å². The second kappa shape index (κ2) is 5.74. The highest BCUT2D eigenvalue weighted by Crippen LogP contribution is 2.28. The van der Waals surface area contributed by atoms with Gasteiger partial charge < -0.3 is 14.8 Å². The van der Waals surface area contributed by atoms with Crippen molar-refractivity contribution in [2.24, 2.45) is 0 Å². The summed E-state index contributed by atoms with van der Waals surface area (Å²) in [6.45, 7) is 0.228. The average molecular weight is 341 g/mol. The molecule has 104 valence electrons. The van der Waals surface area contributed by atoms with Gasteiger partial charge in [-0.25, -0.2) is 4.79 Å². The standard InChI is InChI=1S/C12H9BrN2O5/c13-9-3-1-7(5-10(9)15(18)19)14-6-8-2-4-11(20-8)12(16)17/h1-5,14H,6H2,(H,16,17). The number of hydrogen-bond acceptors (Lipinski definition) is 5. The lowest BCUT2D eigenvalue weighted by Crippen LogP contribution is -1.99. The number of furan rings is 1. The van der Waals surface area contributed by atoms with E-state index in [4.69, 9.17) is 9.52 Å². The SMILES string of the molecule is O=C(O)c1ccc(CNc2ccc(Br)c([N+](=O)[O-])c2)o1. The average Bonchev–Trinajstić information content (AvgIpc) is 2.86. The van der Waals surface area contributed by atoms with E-state index in [1.165, 1.54) is 18.2 Å². The topological polar surface area (TPSA) is 106 Å². The molecule has 0 saturated heterocycles. The molecule has 0 aliphatic carbocycles. The van der Waals surface area contributed by atoms with Crippen molar-refractivity contribution in [3.63, 3.8) is 0 Å². The predicted molar refractivity (Wildman–Crippen MR) is 73.8 cm³/mol. The predicted octanol–water partition coefficient (Wildman–Crippen LogP) is 3.26. The minimum Gasteiger partial charge on any atom is -0.475 e. The van der Waals surface area contributed by atoms with Crippen molar-refractivity contribution in [3.8, 4) is 0 Å². The molecule has 0 unspecified atom stereocenters. The highest BCUT2D eigenvalue weighted by Gasteiger charge is 2.13. The number of aromatic carboxylic acids is 1. The summed E-state index contributed by atoms with van der Waals surface area (Å²) >= 11 is 3.09. The van der Waals surface area contributed by atoms with Gasteiger partial charge in [-0.05, 0) is 40.2 Å². The number of nitrogens with zero attached hydrogens (tertiary/aromatic N) is 1. The molecule has 0 aliphatic heterocycles. The normalized spacial score (nSPS) is 10.2. The molecular formula is C12H9BrN2O5. The molecule has 1 aromatic heterocycles. The fourth-order valence-corrected chi connectivity index (χ4v) is 1.93. The Morgan fingerprint density at radius 1 is 1.40 bits per heavy atom. The zero-order valence-corrected chi connectivity index (χ0v) is 11.6. The van der Waals surface area contributed by atoms with Crippen LogP contribution in [0.15, 0.2) is 39.2 Å². The Labute approximate surface area is 121 Å². The highest BCUT2D eigenvalue weighted by molar-refractivity contribution is 9.10. The maximum absolute atomic E-state index is 10.8. The summed E-state index contributed by atoms with van der Waals surface area (Å²) in [5, 5.41) is 22.4. The number of nitro groups is 1. The summed E-state index contributed by atoms with van der Waals surface area (Å²) < 4.78 is 5.45. The van der Waals surface area contributed by atoms with Crippen LogP contribution in [0.2, 0.25) is 0 Å². The van der Waals surface area contributed by atoms with Crippen molar-refractivity contribution in [1.29, 1.82) is 0 Å². The highest BCUT2D eigenvalue weighted by atomic mass is 79.9. The van der Waals surface area contributed by atoms with Crippen LogP contribution >= 0.6 is 15.9 Å². The zero-order valence-electron chi connectivity index (χ0n) is 10.00. The van der Waals surface area contributed by atoms with Gasteiger partial charge in [-0.3, -0.25) is 10.1 Å². The van der Waals surface area contributed by atoms with Crippen LogP contribution in [0.3, 0.4) is 0 Å². The minimum atomic E-state index is -1.14.